The maximum absolute atomic E-state index is 11.3. The van der Waals surface area contributed by atoms with Gasteiger partial charge in [-0.15, -0.1) is 0 Å². The van der Waals surface area contributed by atoms with Crippen LogP contribution in [0.2, 0.25) is 0 Å². The van der Waals surface area contributed by atoms with E-state index < -0.39 is 5.97 Å². The lowest BCUT2D eigenvalue weighted by atomic mass is 10.1. The van der Waals surface area contributed by atoms with Crippen LogP contribution in [0.5, 0.6) is 0 Å². The zero-order valence-electron chi connectivity index (χ0n) is 10.1. The summed E-state index contributed by atoms with van der Waals surface area (Å²) in [4.78, 5) is 21.5. The van der Waals surface area contributed by atoms with E-state index in [1.54, 1.807) is 0 Å². The summed E-state index contributed by atoms with van der Waals surface area (Å²) in [5.74, 6) is -0.906. The molecule has 0 bridgehead atoms. The van der Waals surface area contributed by atoms with Crippen LogP contribution in [0.15, 0.2) is 0 Å². The fraction of sp³-hybridized carbons (Fsp3) is 0.818. The van der Waals surface area contributed by atoms with Crippen LogP contribution in [0, 0.1) is 0 Å². The van der Waals surface area contributed by atoms with Gasteiger partial charge in [-0.3, -0.25) is 4.79 Å². The molecule has 0 spiro atoms. The molecule has 0 aliphatic rings. The Morgan fingerprint density at radius 1 is 1.31 bits per heavy atom. The smallest absolute Gasteiger partial charge is 0.315 e. The number of hydrogen-bond donors (Lipinski definition) is 3. The normalized spacial score (nSPS) is 11.9. The molecule has 0 aromatic heterocycles. The van der Waals surface area contributed by atoms with Gasteiger partial charge in [0, 0.05) is 12.6 Å². The topological polar surface area (TPSA) is 78.4 Å². The molecule has 0 aromatic rings. The lowest BCUT2D eigenvalue weighted by Gasteiger charge is -2.13. The van der Waals surface area contributed by atoms with E-state index in [9.17, 15) is 9.59 Å². The first kappa shape index (κ1) is 14.7. The van der Waals surface area contributed by atoms with Crippen LogP contribution < -0.4 is 10.6 Å². The minimum atomic E-state index is -0.906. The molecule has 1 atom stereocenters. The molecule has 1 unspecified atom stereocenters. The Morgan fingerprint density at radius 3 is 2.56 bits per heavy atom. The van der Waals surface area contributed by atoms with Crippen LogP contribution >= 0.6 is 0 Å². The summed E-state index contributed by atoms with van der Waals surface area (Å²) in [5, 5.41) is 13.7. The molecule has 3 N–H and O–H groups in total. The minimum Gasteiger partial charge on any atom is -0.481 e. The standard InChI is InChI=1S/C11H22N2O3/c1-3-4-5-6-9(2)13-11(16)12-8-7-10(14)15/h9H,3-8H2,1-2H3,(H,14,15)(H2,12,13,16). The summed E-state index contributed by atoms with van der Waals surface area (Å²) in [5.41, 5.74) is 0. The molecule has 0 rings (SSSR count). The second-order valence-corrected chi connectivity index (χ2v) is 3.94. The average Bonchev–Trinajstić information content (AvgIpc) is 2.17. The maximum Gasteiger partial charge on any atom is 0.315 e. The first-order valence-corrected chi connectivity index (χ1v) is 5.82. The van der Waals surface area contributed by atoms with E-state index in [1.807, 2.05) is 6.92 Å². The van der Waals surface area contributed by atoms with Gasteiger partial charge >= 0.3 is 12.0 Å². The number of aliphatic carboxylic acids is 1. The Balaban J connectivity index is 3.50. The Labute approximate surface area is 96.6 Å². The molecule has 0 saturated heterocycles. The summed E-state index contributed by atoms with van der Waals surface area (Å²) in [6.07, 6.45) is 4.36. The highest BCUT2D eigenvalue weighted by Crippen LogP contribution is 2.02. The molecular weight excluding hydrogens is 208 g/mol. The Morgan fingerprint density at radius 2 is 2.00 bits per heavy atom. The van der Waals surface area contributed by atoms with Gasteiger partial charge in [0.15, 0.2) is 0 Å². The average molecular weight is 230 g/mol. The van der Waals surface area contributed by atoms with Crippen LogP contribution in [-0.4, -0.2) is 29.7 Å². The Bertz CT molecular complexity index is 219. The number of carboxylic acid groups (broad SMARTS) is 1. The van der Waals surface area contributed by atoms with Gasteiger partial charge in [-0.05, 0) is 13.3 Å². The van der Waals surface area contributed by atoms with E-state index in [4.69, 9.17) is 5.11 Å². The number of urea groups is 1. The Hall–Kier alpha value is -1.26. The zero-order valence-corrected chi connectivity index (χ0v) is 10.1. The van der Waals surface area contributed by atoms with Crippen LogP contribution in [0.4, 0.5) is 4.79 Å². The van der Waals surface area contributed by atoms with Gasteiger partial charge in [-0.2, -0.15) is 0 Å². The summed E-state index contributed by atoms with van der Waals surface area (Å²) < 4.78 is 0. The van der Waals surface area contributed by atoms with Gasteiger partial charge in [0.25, 0.3) is 0 Å². The first-order valence-electron chi connectivity index (χ1n) is 5.82. The molecule has 0 aliphatic carbocycles. The fourth-order valence-electron chi connectivity index (χ4n) is 1.33. The number of carbonyl (C=O) groups is 2. The molecule has 2 amide bonds. The summed E-state index contributed by atoms with van der Waals surface area (Å²) in [6, 6.07) is -0.151. The number of carboxylic acids is 1. The fourth-order valence-corrected chi connectivity index (χ4v) is 1.33. The second kappa shape index (κ2) is 9.00. The van der Waals surface area contributed by atoms with E-state index >= 15 is 0 Å². The van der Waals surface area contributed by atoms with Crippen molar-refractivity contribution in [1.29, 1.82) is 0 Å². The molecule has 94 valence electrons. The maximum atomic E-state index is 11.3. The van der Waals surface area contributed by atoms with Crippen LogP contribution in [0.3, 0.4) is 0 Å². The van der Waals surface area contributed by atoms with Gasteiger partial charge in [-0.25, -0.2) is 4.79 Å². The SMILES string of the molecule is CCCCCC(C)NC(=O)NCCC(=O)O. The van der Waals surface area contributed by atoms with Crippen molar-refractivity contribution in [3.63, 3.8) is 0 Å². The number of unbranched alkanes of at least 4 members (excludes halogenated alkanes) is 2. The first-order chi connectivity index (χ1) is 7.56. The lowest BCUT2D eigenvalue weighted by molar-refractivity contribution is -0.136. The summed E-state index contributed by atoms with van der Waals surface area (Å²) in [6.45, 7) is 4.26. The summed E-state index contributed by atoms with van der Waals surface area (Å²) in [7, 11) is 0. The number of hydrogen-bond acceptors (Lipinski definition) is 2. The van der Waals surface area contributed by atoms with E-state index in [0.29, 0.717) is 0 Å². The molecule has 0 aliphatic heterocycles. The van der Waals surface area contributed by atoms with Gasteiger partial charge in [0.1, 0.15) is 0 Å². The monoisotopic (exact) mass is 230 g/mol. The highest BCUT2D eigenvalue weighted by molar-refractivity contribution is 5.75. The zero-order chi connectivity index (χ0) is 12.4. The van der Waals surface area contributed by atoms with Gasteiger partial charge in [0.2, 0.25) is 0 Å². The van der Waals surface area contributed by atoms with Crippen LogP contribution in [-0.2, 0) is 4.79 Å². The lowest BCUT2D eigenvalue weighted by Crippen LogP contribution is -2.41. The molecule has 0 heterocycles. The van der Waals surface area contributed by atoms with Crippen molar-refractivity contribution in [3.05, 3.63) is 0 Å². The second-order valence-electron chi connectivity index (χ2n) is 3.94. The van der Waals surface area contributed by atoms with E-state index in [1.165, 1.54) is 6.42 Å². The predicted molar refractivity (Wildman–Crippen MR) is 62.4 cm³/mol. The number of nitrogens with one attached hydrogen (secondary N) is 2. The number of carbonyl (C=O) groups excluding carboxylic acids is 1. The largest absolute Gasteiger partial charge is 0.481 e. The van der Waals surface area contributed by atoms with E-state index in [0.717, 1.165) is 19.3 Å². The third-order valence-electron chi connectivity index (χ3n) is 2.24. The summed E-state index contributed by atoms with van der Waals surface area (Å²) >= 11 is 0. The van der Waals surface area contributed by atoms with E-state index in [2.05, 4.69) is 17.6 Å². The number of rotatable bonds is 8. The minimum absolute atomic E-state index is 0.0440. The third-order valence-corrected chi connectivity index (χ3v) is 2.24. The van der Waals surface area contributed by atoms with E-state index in [-0.39, 0.29) is 25.0 Å². The van der Waals surface area contributed by atoms with Crippen molar-refractivity contribution >= 4 is 12.0 Å². The molecule has 0 fully saturated rings. The molecule has 0 aromatic carbocycles. The molecule has 0 saturated carbocycles. The molecule has 5 nitrogen and oxygen atoms in total. The van der Waals surface area contributed by atoms with Gasteiger partial charge in [-0.1, -0.05) is 26.2 Å². The molecule has 5 heteroatoms. The van der Waals surface area contributed by atoms with Crippen molar-refractivity contribution < 1.29 is 14.7 Å². The van der Waals surface area contributed by atoms with Crippen molar-refractivity contribution in [2.45, 2.75) is 52.0 Å². The van der Waals surface area contributed by atoms with Crippen molar-refractivity contribution in [3.8, 4) is 0 Å². The number of amides is 2. The van der Waals surface area contributed by atoms with Gasteiger partial charge in [0.05, 0.1) is 6.42 Å². The molecule has 0 radical (unpaired) electrons. The third kappa shape index (κ3) is 9.30. The highest BCUT2D eigenvalue weighted by Gasteiger charge is 2.06. The van der Waals surface area contributed by atoms with Crippen molar-refractivity contribution in [1.82, 2.24) is 10.6 Å². The molecular formula is C11H22N2O3. The quantitative estimate of drug-likeness (QED) is 0.556. The predicted octanol–water partition coefficient (Wildman–Crippen LogP) is 1.73. The highest BCUT2D eigenvalue weighted by atomic mass is 16.4. The van der Waals surface area contributed by atoms with Crippen molar-refractivity contribution in [2.24, 2.45) is 0 Å². The molecule has 16 heavy (non-hydrogen) atoms. The Kier molecular flexibility index (Phi) is 8.29. The van der Waals surface area contributed by atoms with Crippen LogP contribution in [0.1, 0.15) is 46.0 Å². The van der Waals surface area contributed by atoms with Gasteiger partial charge < -0.3 is 15.7 Å². The van der Waals surface area contributed by atoms with Crippen molar-refractivity contribution in [2.75, 3.05) is 6.54 Å². The van der Waals surface area contributed by atoms with Crippen LogP contribution in [0.25, 0.3) is 0 Å².